The summed E-state index contributed by atoms with van der Waals surface area (Å²) in [7, 11) is 0. The van der Waals surface area contributed by atoms with Crippen molar-refractivity contribution in [2.75, 3.05) is 18.0 Å². The number of nitrogens with zero attached hydrogens (tertiary/aromatic N) is 8. The van der Waals surface area contributed by atoms with Crippen LogP contribution in [0.2, 0.25) is 0 Å². The Balaban J connectivity index is 1.42. The molecule has 1 saturated heterocycles. The van der Waals surface area contributed by atoms with Gasteiger partial charge in [-0.3, -0.25) is 4.68 Å². The summed E-state index contributed by atoms with van der Waals surface area (Å²) in [5.74, 6) is 0.233. The van der Waals surface area contributed by atoms with Crippen molar-refractivity contribution in [2.45, 2.75) is 18.9 Å². The quantitative estimate of drug-likeness (QED) is 0.537. The molecule has 0 radical (unpaired) electrons. The van der Waals surface area contributed by atoms with E-state index in [0.29, 0.717) is 12.1 Å². The first-order chi connectivity index (χ1) is 15.3. The topological polar surface area (TPSA) is 123 Å². The predicted molar refractivity (Wildman–Crippen MR) is 114 cm³/mol. The number of H-pyrrole nitrogens is 1. The minimum Gasteiger partial charge on any atom is -0.369 e. The fraction of sp³-hybridized carbons (Fsp3) is 0.273. The fourth-order valence-corrected chi connectivity index (χ4v) is 4.37. The van der Waals surface area contributed by atoms with E-state index < -0.39 is 0 Å². The van der Waals surface area contributed by atoms with Crippen molar-refractivity contribution in [1.82, 2.24) is 29.7 Å². The molecule has 0 aromatic carbocycles. The lowest BCUT2D eigenvalue weighted by molar-refractivity contribution is 0.332. The van der Waals surface area contributed by atoms with Crippen LogP contribution >= 0.6 is 0 Å². The maximum Gasteiger partial charge on any atom is 0.163 e. The number of aromatic nitrogens is 6. The molecule has 1 aliphatic rings. The van der Waals surface area contributed by atoms with Crippen LogP contribution in [0.15, 0.2) is 49.3 Å². The highest BCUT2D eigenvalue weighted by molar-refractivity contribution is 5.89. The summed E-state index contributed by atoms with van der Waals surface area (Å²) in [6.45, 7) is 1.56. The smallest absolute Gasteiger partial charge is 0.163 e. The number of rotatable bonds is 5. The summed E-state index contributed by atoms with van der Waals surface area (Å²) in [6.07, 6.45) is 10.0. The number of pyridine rings is 1. The fourth-order valence-electron chi connectivity index (χ4n) is 4.37. The van der Waals surface area contributed by atoms with E-state index in [0.717, 1.165) is 47.5 Å². The van der Waals surface area contributed by atoms with Crippen LogP contribution in [0.1, 0.15) is 24.6 Å². The number of nitriles is 2. The molecule has 4 aromatic rings. The first-order valence-corrected chi connectivity index (χ1v) is 10.1. The van der Waals surface area contributed by atoms with Crippen LogP contribution in [0.4, 0.5) is 5.69 Å². The predicted octanol–water partition coefficient (Wildman–Crippen LogP) is 3.07. The maximum atomic E-state index is 9.48. The van der Waals surface area contributed by atoms with Crippen molar-refractivity contribution >= 4 is 16.7 Å². The third-order valence-corrected chi connectivity index (χ3v) is 5.87. The molecule has 0 spiro atoms. The largest absolute Gasteiger partial charge is 0.369 e. The standard InChI is InChI=1S/C22H19N9/c23-6-3-19(15-5-9-30(12-15)20-2-1-7-25-18(20)10-24)31-13-16(11-29-31)21-17-4-8-26-22(17)28-14-27-21/h1-2,4,7-8,11,13-15,19H,3,5,9,12H2,(H,26,27,28)/t15-,19-/m0/s1. The Hall–Kier alpha value is -4.24. The summed E-state index contributed by atoms with van der Waals surface area (Å²) in [4.78, 5) is 18.1. The molecule has 31 heavy (non-hydrogen) atoms. The van der Waals surface area contributed by atoms with Gasteiger partial charge in [-0.1, -0.05) is 0 Å². The van der Waals surface area contributed by atoms with E-state index in [9.17, 15) is 10.5 Å². The van der Waals surface area contributed by atoms with E-state index in [1.54, 1.807) is 12.4 Å². The van der Waals surface area contributed by atoms with Gasteiger partial charge in [0.1, 0.15) is 18.0 Å². The molecule has 0 aliphatic carbocycles. The summed E-state index contributed by atoms with van der Waals surface area (Å²) in [5, 5.41) is 24.4. The number of anilines is 1. The Morgan fingerprint density at radius 2 is 2.16 bits per heavy atom. The molecule has 5 heterocycles. The van der Waals surface area contributed by atoms with Crippen molar-refractivity contribution < 1.29 is 0 Å². The normalized spacial score (nSPS) is 16.8. The lowest BCUT2D eigenvalue weighted by Crippen LogP contribution is -2.25. The van der Waals surface area contributed by atoms with Crippen LogP contribution in [0.25, 0.3) is 22.3 Å². The van der Waals surface area contributed by atoms with Crippen LogP contribution in [-0.2, 0) is 0 Å². The molecule has 0 bridgehead atoms. The monoisotopic (exact) mass is 409 g/mol. The van der Waals surface area contributed by atoms with Crippen molar-refractivity contribution in [2.24, 2.45) is 5.92 Å². The first kappa shape index (κ1) is 18.8. The summed E-state index contributed by atoms with van der Waals surface area (Å²) in [6, 6.07) is 10.2. The highest BCUT2D eigenvalue weighted by Gasteiger charge is 2.32. The SMILES string of the molecule is N#CC[C@@H]([C@H]1CCN(c2cccnc2C#N)C1)n1cc(-c2ncnc3[nH]ccc23)cn1. The molecule has 4 aromatic heterocycles. The van der Waals surface area contributed by atoms with Crippen LogP contribution in [0.5, 0.6) is 0 Å². The van der Waals surface area contributed by atoms with Gasteiger partial charge in [-0.05, 0) is 24.6 Å². The Morgan fingerprint density at radius 1 is 1.23 bits per heavy atom. The number of hydrogen-bond donors (Lipinski definition) is 1. The van der Waals surface area contributed by atoms with Crippen molar-refractivity contribution in [3.8, 4) is 23.4 Å². The van der Waals surface area contributed by atoms with E-state index in [2.05, 4.69) is 42.1 Å². The zero-order valence-corrected chi connectivity index (χ0v) is 16.7. The second-order valence-corrected chi connectivity index (χ2v) is 7.58. The average molecular weight is 409 g/mol. The van der Waals surface area contributed by atoms with E-state index >= 15 is 0 Å². The molecule has 2 atom stereocenters. The van der Waals surface area contributed by atoms with Gasteiger partial charge in [0.15, 0.2) is 5.69 Å². The number of fused-ring (bicyclic) bond motifs is 1. The first-order valence-electron chi connectivity index (χ1n) is 10.1. The van der Waals surface area contributed by atoms with E-state index in [-0.39, 0.29) is 12.0 Å². The van der Waals surface area contributed by atoms with Gasteiger partial charge in [0.25, 0.3) is 0 Å². The summed E-state index contributed by atoms with van der Waals surface area (Å²) < 4.78 is 1.89. The van der Waals surface area contributed by atoms with Crippen LogP contribution < -0.4 is 4.90 Å². The van der Waals surface area contributed by atoms with Crippen LogP contribution in [-0.4, -0.2) is 42.8 Å². The van der Waals surface area contributed by atoms with Crippen molar-refractivity contribution in [1.29, 1.82) is 10.5 Å². The van der Waals surface area contributed by atoms with Crippen LogP contribution in [0.3, 0.4) is 0 Å². The number of aromatic amines is 1. The third-order valence-electron chi connectivity index (χ3n) is 5.87. The molecule has 5 rings (SSSR count). The van der Waals surface area contributed by atoms with Gasteiger partial charge in [0.2, 0.25) is 0 Å². The van der Waals surface area contributed by atoms with Gasteiger partial charge in [-0.15, -0.1) is 0 Å². The zero-order chi connectivity index (χ0) is 21.2. The highest BCUT2D eigenvalue weighted by atomic mass is 15.3. The van der Waals surface area contributed by atoms with Crippen LogP contribution in [0, 0.1) is 28.6 Å². The molecule has 9 nitrogen and oxygen atoms in total. The molecule has 9 heteroatoms. The second-order valence-electron chi connectivity index (χ2n) is 7.58. The Labute approximate surface area is 178 Å². The summed E-state index contributed by atoms with van der Waals surface area (Å²) >= 11 is 0. The van der Waals surface area contributed by atoms with E-state index in [1.807, 2.05) is 35.3 Å². The lowest BCUT2D eigenvalue weighted by atomic mass is 9.96. The Bertz CT molecular complexity index is 1310. The molecule has 0 unspecified atom stereocenters. The van der Waals surface area contributed by atoms with Crippen molar-refractivity contribution in [3.63, 3.8) is 0 Å². The Morgan fingerprint density at radius 3 is 3.03 bits per heavy atom. The molecular weight excluding hydrogens is 390 g/mol. The third kappa shape index (κ3) is 3.36. The minimum absolute atomic E-state index is 0.0606. The molecular formula is C22H19N9. The minimum atomic E-state index is -0.0606. The zero-order valence-electron chi connectivity index (χ0n) is 16.7. The van der Waals surface area contributed by atoms with Crippen molar-refractivity contribution in [3.05, 3.63) is 55.0 Å². The van der Waals surface area contributed by atoms with Gasteiger partial charge >= 0.3 is 0 Å². The second kappa shape index (κ2) is 7.88. The highest BCUT2D eigenvalue weighted by Crippen LogP contribution is 2.34. The molecule has 152 valence electrons. The molecule has 0 saturated carbocycles. The van der Waals surface area contributed by atoms with Gasteiger partial charge in [-0.25, -0.2) is 15.0 Å². The summed E-state index contributed by atoms with van der Waals surface area (Å²) in [5.41, 5.74) is 3.77. The van der Waals surface area contributed by atoms with Gasteiger partial charge in [-0.2, -0.15) is 15.6 Å². The lowest BCUT2D eigenvalue weighted by Gasteiger charge is -2.23. The van der Waals surface area contributed by atoms with Gasteiger partial charge in [0.05, 0.1) is 36.1 Å². The number of hydrogen-bond acceptors (Lipinski definition) is 7. The number of nitrogens with one attached hydrogen (secondary N) is 1. The maximum absolute atomic E-state index is 9.48. The average Bonchev–Trinajstić information content (AvgIpc) is 3.57. The van der Waals surface area contributed by atoms with E-state index in [4.69, 9.17) is 0 Å². The molecule has 1 fully saturated rings. The molecule has 1 aliphatic heterocycles. The molecule has 1 N–H and O–H groups in total. The van der Waals surface area contributed by atoms with E-state index in [1.165, 1.54) is 6.33 Å². The Kier molecular flexibility index (Phi) is 4.77. The molecule has 0 amide bonds. The van der Waals surface area contributed by atoms with Gasteiger partial charge < -0.3 is 9.88 Å². The van der Waals surface area contributed by atoms with Gasteiger partial charge in [0, 0.05) is 48.5 Å².